The number of esters is 1. The lowest BCUT2D eigenvalue weighted by molar-refractivity contribution is 0.0600. The van der Waals surface area contributed by atoms with E-state index in [9.17, 15) is 14.4 Å². The Morgan fingerprint density at radius 1 is 0.939 bits per heavy atom. The van der Waals surface area contributed by atoms with E-state index in [1.807, 2.05) is 30.3 Å². The monoisotopic (exact) mass is 441 g/mol. The molecule has 0 aliphatic carbocycles. The van der Waals surface area contributed by atoms with Gasteiger partial charge in [-0.25, -0.2) is 14.8 Å². The topological polar surface area (TPSA) is 123 Å². The summed E-state index contributed by atoms with van der Waals surface area (Å²) in [5.41, 5.74) is 2.27. The average molecular weight is 441 g/mol. The number of benzene rings is 2. The molecule has 4 aromatic rings. The third-order valence-corrected chi connectivity index (χ3v) is 4.75. The minimum Gasteiger partial charge on any atom is -0.465 e. The number of nitrogens with zero attached hydrogens (tertiary/aromatic N) is 3. The molecule has 0 aliphatic heterocycles. The molecule has 0 saturated heterocycles. The Balaban J connectivity index is 1.53. The molecule has 0 atom stereocenters. The number of aromatic nitrogens is 3. The summed E-state index contributed by atoms with van der Waals surface area (Å²) in [5, 5.41) is 6.40. The quantitative estimate of drug-likeness (QED) is 0.441. The van der Waals surface area contributed by atoms with Crippen LogP contribution in [0.25, 0.3) is 10.9 Å². The number of hydrogen-bond acceptors (Lipinski definition) is 7. The van der Waals surface area contributed by atoms with Crippen LogP contribution >= 0.6 is 0 Å². The van der Waals surface area contributed by atoms with Crippen LogP contribution in [0.4, 0.5) is 5.69 Å². The van der Waals surface area contributed by atoms with Crippen LogP contribution in [0.15, 0.2) is 73.2 Å². The summed E-state index contributed by atoms with van der Waals surface area (Å²) in [6.07, 6.45) is 4.19. The summed E-state index contributed by atoms with van der Waals surface area (Å²) in [6, 6.07) is 15.7. The number of hydrogen-bond donors (Lipinski definition) is 2. The number of anilines is 1. The smallest absolute Gasteiger partial charge is 0.337 e. The first kappa shape index (κ1) is 21.6. The SMILES string of the molecule is COC(=O)c1cc(CNC(=O)c2ccc3ccccc3n2)cc(NC(=O)c2cnccn2)c1. The van der Waals surface area contributed by atoms with Crippen LogP contribution in [0.1, 0.15) is 36.9 Å². The van der Waals surface area contributed by atoms with Crippen LogP contribution in [-0.4, -0.2) is 39.8 Å². The van der Waals surface area contributed by atoms with E-state index in [0.29, 0.717) is 16.8 Å². The fourth-order valence-corrected chi connectivity index (χ4v) is 3.18. The maximum absolute atomic E-state index is 12.6. The van der Waals surface area contributed by atoms with Crippen LogP contribution in [-0.2, 0) is 11.3 Å². The van der Waals surface area contributed by atoms with Crippen LogP contribution in [0, 0.1) is 0 Å². The molecule has 2 heterocycles. The molecule has 4 rings (SSSR count). The van der Waals surface area contributed by atoms with E-state index in [4.69, 9.17) is 4.74 Å². The molecule has 2 amide bonds. The minimum absolute atomic E-state index is 0.103. The number of rotatable bonds is 6. The molecule has 0 unspecified atom stereocenters. The van der Waals surface area contributed by atoms with Gasteiger partial charge in [0.1, 0.15) is 11.4 Å². The Hall–Kier alpha value is -4.66. The van der Waals surface area contributed by atoms with Gasteiger partial charge in [-0.05, 0) is 35.9 Å². The highest BCUT2D eigenvalue weighted by Gasteiger charge is 2.14. The van der Waals surface area contributed by atoms with E-state index in [0.717, 1.165) is 5.39 Å². The van der Waals surface area contributed by atoms with Gasteiger partial charge in [-0.3, -0.25) is 14.6 Å². The van der Waals surface area contributed by atoms with E-state index in [-0.39, 0.29) is 29.4 Å². The third kappa shape index (κ3) is 5.16. The van der Waals surface area contributed by atoms with Gasteiger partial charge in [-0.2, -0.15) is 0 Å². The molecule has 2 aromatic carbocycles. The summed E-state index contributed by atoms with van der Waals surface area (Å²) in [4.78, 5) is 49.4. The molecular formula is C24H19N5O4. The molecule has 0 saturated carbocycles. The van der Waals surface area contributed by atoms with Gasteiger partial charge in [-0.15, -0.1) is 0 Å². The fourth-order valence-electron chi connectivity index (χ4n) is 3.18. The van der Waals surface area contributed by atoms with Crippen molar-refractivity contribution in [2.45, 2.75) is 6.54 Å². The van der Waals surface area contributed by atoms with E-state index in [2.05, 4.69) is 25.6 Å². The van der Waals surface area contributed by atoms with Crippen LogP contribution in [0.2, 0.25) is 0 Å². The van der Waals surface area contributed by atoms with Gasteiger partial charge in [0, 0.05) is 30.0 Å². The summed E-state index contributed by atoms with van der Waals surface area (Å²) in [7, 11) is 1.26. The Kier molecular flexibility index (Phi) is 6.31. The zero-order valence-electron chi connectivity index (χ0n) is 17.6. The largest absolute Gasteiger partial charge is 0.465 e. The Bertz CT molecular complexity index is 1340. The standard InChI is InChI=1S/C24H19N5O4/c1-33-24(32)17-10-15(11-18(12-17)28-23(31)21-14-25-8-9-26-21)13-27-22(30)20-7-6-16-4-2-3-5-19(16)29-20/h2-12,14H,13H2,1H3,(H,27,30)(H,28,31). The van der Waals surface area contributed by atoms with Crippen LogP contribution in [0.3, 0.4) is 0 Å². The predicted molar refractivity (Wildman–Crippen MR) is 121 cm³/mol. The van der Waals surface area contributed by atoms with Crippen molar-refractivity contribution in [3.8, 4) is 0 Å². The van der Waals surface area contributed by atoms with Gasteiger partial charge in [0.15, 0.2) is 0 Å². The maximum Gasteiger partial charge on any atom is 0.337 e. The number of carbonyl (C=O) groups is 3. The zero-order chi connectivity index (χ0) is 23.2. The van der Waals surface area contributed by atoms with Crippen LogP contribution < -0.4 is 10.6 Å². The van der Waals surface area contributed by atoms with E-state index >= 15 is 0 Å². The lowest BCUT2D eigenvalue weighted by Crippen LogP contribution is -2.24. The van der Waals surface area contributed by atoms with Gasteiger partial charge >= 0.3 is 5.97 Å². The lowest BCUT2D eigenvalue weighted by Gasteiger charge is -2.11. The molecule has 0 aliphatic rings. The summed E-state index contributed by atoms with van der Waals surface area (Å²) in [6.45, 7) is 0.103. The number of carbonyl (C=O) groups excluding carboxylic acids is 3. The summed E-state index contributed by atoms with van der Waals surface area (Å²) < 4.78 is 4.80. The third-order valence-electron chi connectivity index (χ3n) is 4.75. The highest BCUT2D eigenvalue weighted by Crippen LogP contribution is 2.18. The van der Waals surface area contributed by atoms with Crippen molar-refractivity contribution in [3.63, 3.8) is 0 Å². The fraction of sp³-hybridized carbons (Fsp3) is 0.0833. The first-order chi connectivity index (χ1) is 16.0. The number of amides is 2. The number of methoxy groups -OCH3 is 1. The molecule has 2 aromatic heterocycles. The number of pyridine rings is 1. The van der Waals surface area contributed by atoms with Gasteiger partial charge in [0.05, 0.1) is 24.4 Å². The number of fused-ring (bicyclic) bond motifs is 1. The van der Waals surface area contributed by atoms with Crippen molar-refractivity contribution >= 4 is 34.4 Å². The van der Waals surface area contributed by atoms with Crippen LogP contribution in [0.5, 0.6) is 0 Å². The first-order valence-electron chi connectivity index (χ1n) is 9.97. The molecule has 9 heteroatoms. The van der Waals surface area contributed by atoms with Gasteiger partial charge in [-0.1, -0.05) is 24.3 Å². The molecule has 0 spiro atoms. The molecule has 0 radical (unpaired) electrons. The van der Waals surface area contributed by atoms with Gasteiger partial charge in [0.25, 0.3) is 11.8 Å². The summed E-state index contributed by atoms with van der Waals surface area (Å²) in [5.74, 6) is -1.43. The van der Waals surface area contributed by atoms with Crippen molar-refractivity contribution in [2.24, 2.45) is 0 Å². The number of para-hydroxylation sites is 1. The minimum atomic E-state index is -0.575. The first-order valence-corrected chi connectivity index (χ1v) is 9.97. The second-order valence-electron chi connectivity index (χ2n) is 7.03. The molecule has 0 bridgehead atoms. The van der Waals surface area contributed by atoms with Crippen molar-refractivity contribution < 1.29 is 19.1 Å². The second-order valence-corrected chi connectivity index (χ2v) is 7.03. The van der Waals surface area contributed by atoms with Crippen molar-refractivity contribution in [1.82, 2.24) is 20.3 Å². The Morgan fingerprint density at radius 2 is 1.79 bits per heavy atom. The molecule has 2 N–H and O–H groups in total. The van der Waals surface area contributed by atoms with Crippen molar-refractivity contribution in [1.29, 1.82) is 0 Å². The lowest BCUT2D eigenvalue weighted by atomic mass is 10.1. The number of ether oxygens (including phenoxy) is 1. The zero-order valence-corrected chi connectivity index (χ0v) is 17.6. The Labute approximate surface area is 188 Å². The normalized spacial score (nSPS) is 10.5. The molecule has 164 valence electrons. The van der Waals surface area contributed by atoms with Gasteiger partial charge in [0.2, 0.25) is 0 Å². The van der Waals surface area contributed by atoms with Gasteiger partial charge < -0.3 is 15.4 Å². The number of nitrogens with one attached hydrogen (secondary N) is 2. The second kappa shape index (κ2) is 9.65. The molecule has 33 heavy (non-hydrogen) atoms. The molecular weight excluding hydrogens is 422 g/mol. The highest BCUT2D eigenvalue weighted by atomic mass is 16.5. The summed E-state index contributed by atoms with van der Waals surface area (Å²) >= 11 is 0. The van der Waals surface area contributed by atoms with E-state index in [1.165, 1.54) is 31.8 Å². The Morgan fingerprint density at radius 3 is 2.58 bits per heavy atom. The van der Waals surface area contributed by atoms with E-state index in [1.54, 1.807) is 18.2 Å². The molecule has 0 fully saturated rings. The maximum atomic E-state index is 12.6. The highest BCUT2D eigenvalue weighted by molar-refractivity contribution is 6.03. The van der Waals surface area contributed by atoms with Crippen molar-refractivity contribution in [2.75, 3.05) is 12.4 Å². The predicted octanol–water partition coefficient (Wildman–Crippen LogP) is 2.99. The van der Waals surface area contributed by atoms with Crippen molar-refractivity contribution in [3.05, 3.63) is 95.7 Å². The average Bonchev–Trinajstić information content (AvgIpc) is 2.86. The molecule has 9 nitrogen and oxygen atoms in total. The van der Waals surface area contributed by atoms with E-state index < -0.39 is 11.9 Å².